The molecule has 0 N–H and O–H groups in total. The predicted octanol–water partition coefficient (Wildman–Crippen LogP) is 4.11. The summed E-state index contributed by atoms with van der Waals surface area (Å²) >= 11 is 5.94. The summed E-state index contributed by atoms with van der Waals surface area (Å²) in [5, 5.41) is 0.674. The van der Waals surface area contributed by atoms with Gasteiger partial charge in [-0.2, -0.15) is 0 Å². The first-order valence-electron chi connectivity index (χ1n) is 10.9. The zero-order valence-electron chi connectivity index (χ0n) is 18.7. The fraction of sp³-hybridized carbons (Fsp3) is 0.231. The van der Waals surface area contributed by atoms with Crippen molar-refractivity contribution in [2.24, 2.45) is 0 Å². The third-order valence-corrected chi connectivity index (χ3v) is 6.67. The molecule has 2 aliphatic heterocycles. The molecule has 1 amide bonds. The first-order valence-corrected chi connectivity index (χ1v) is 11.3. The average molecular weight is 459 g/mol. The molecule has 0 unspecified atom stereocenters. The number of β-lactam (4-membered cyclic amide) rings is 1. The van der Waals surface area contributed by atoms with E-state index in [1.54, 1.807) is 7.11 Å². The van der Waals surface area contributed by atoms with E-state index < -0.39 is 0 Å². The van der Waals surface area contributed by atoms with Crippen LogP contribution in [-0.2, 0) is 4.79 Å². The number of hydrogen-bond donors (Lipinski definition) is 0. The van der Waals surface area contributed by atoms with Gasteiger partial charge in [0, 0.05) is 11.4 Å². The maximum atomic E-state index is 13.7. The number of rotatable bonds is 5. The van der Waals surface area contributed by atoms with Gasteiger partial charge in [0.2, 0.25) is 0 Å². The molecule has 2 atom stereocenters. The van der Waals surface area contributed by atoms with Crippen molar-refractivity contribution in [1.82, 2.24) is 9.80 Å². The number of para-hydroxylation sites is 1. The lowest BCUT2D eigenvalue weighted by Gasteiger charge is -2.55. The van der Waals surface area contributed by atoms with Crippen LogP contribution in [0.4, 0.5) is 11.4 Å². The minimum atomic E-state index is -0.379. The number of ether oxygens (including phenoxy) is 1. The van der Waals surface area contributed by atoms with E-state index in [0.717, 1.165) is 22.7 Å². The average Bonchev–Trinajstić information content (AvgIpc) is 2.86. The number of anilines is 2. The van der Waals surface area contributed by atoms with Crippen molar-refractivity contribution in [3.8, 4) is 5.75 Å². The van der Waals surface area contributed by atoms with E-state index in [1.807, 2.05) is 84.7 Å². The third kappa shape index (κ3) is 3.83. The monoisotopic (exact) mass is 458 g/mol. The minimum Gasteiger partial charge on any atom is -0.497 e. The van der Waals surface area contributed by atoms with Crippen molar-refractivity contribution < 1.29 is 9.53 Å². The number of hydrogen-bond acceptors (Lipinski definition) is 4. The van der Waals surface area contributed by atoms with Crippen LogP contribution in [0.2, 0.25) is 0 Å². The Labute approximate surface area is 199 Å². The van der Waals surface area contributed by atoms with Crippen LogP contribution in [0.1, 0.15) is 11.6 Å². The SMILES string of the molecule is COc1ccc(N2C(=O)[C@H](N3CN(C)CN(c4ccccc4)C3=S)[C@H]2c2ccccc2)cc1. The van der Waals surface area contributed by atoms with Crippen molar-refractivity contribution in [3.63, 3.8) is 0 Å². The van der Waals surface area contributed by atoms with Crippen LogP contribution in [-0.4, -0.2) is 54.4 Å². The first-order chi connectivity index (χ1) is 16.1. The normalized spacial score (nSPS) is 21.2. The molecule has 0 aromatic heterocycles. The predicted molar refractivity (Wildman–Crippen MR) is 134 cm³/mol. The topological polar surface area (TPSA) is 39.3 Å². The van der Waals surface area contributed by atoms with Crippen LogP contribution in [0.25, 0.3) is 0 Å². The van der Waals surface area contributed by atoms with Gasteiger partial charge in [0.15, 0.2) is 5.11 Å². The number of nitrogens with zero attached hydrogens (tertiary/aromatic N) is 4. The summed E-state index contributed by atoms with van der Waals surface area (Å²) in [5.41, 5.74) is 2.96. The third-order valence-electron chi connectivity index (χ3n) is 6.22. The molecule has 0 bridgehead atoms. The second-order valence-electron chi connectivity index (χ2n) is 8.36. The van der Waals surface area contributed by atoms with E-state index in [-0.39, 0.29) is 18.0 Å². The fourth-order valence-corrected chi connectivity index (χ4v) is 4.95. The lowest BCUT2D eigenvalue weighted by atomic mass is 9.86. The van der Waals surface area contributed by atoms with Crippen LogP contribution in [0.3, 0.4) is 0 Å². The minimum absolute atomic E-state index is 0.0414. The standard InChI is InChI=1S/C26H26N4O2S/c1-27-17-28(20-11-7-4-8-12-20)26(33)29(18-27)24-23(19-9-5-3-6-10-19)30(25(24)31)21-13-15-22(32-2)16-14-21/h3-16,23-24H,17-18H2,1-2H3/t23-,24-/m1/s1. The summed E-state index contributed by atoms with van der Waals surface area (Å²) in [5.74, 6) is 0.802. The lowest BCUT2D eigenvalue weighted by Crippen LogP contribution is -2.71. The molecule has 0 radical (unpaired) electrons. The van der Waals surface area contributed by atoms with Gasteiger partial charge in [-0.25, -0.2) is 0 Å². The van der Waals surface area contributed by atoms with Gasteiger partial charge in [-0.15, -0.1) is 0 Å². The molecule has 2 aliphatic rings. The fourth-order valence-electron chi connectivity index (χ4n) is 4.62. The quantitative estimate of drug-likeness (QED) is 0.423. The van der Waals surface area contributed by atoms with Crippen LogP contribution in [0.5, 0.6) is 5.75 Å². The number of carbonyl (C=O) groups excluding carboxylic acids is 1. The Kier molecular flexibility index (Phi) is 5.74. The maximum absolute atomic E-state index is 13.7. The molecule has 3 aromatic carbocycles. The smallest absolute Gasteiger partial charge is 0.252 e. The molecule has 2 saturated heterocycles. The van der Waals surface area contributed by atoms with Crippen molar-refractivity contribution in [3.05, 3.63) is 90.5 Å². The Morgan fingerprint density at radius 3 is 2.09 bits per heavy atom. The lowest BCUT2D eigenvalue weighted by molar-refractivity contribution is -0.131. The van der Waals surface area contributed by atoms with Gasteiger partial charge < -0.3 is 19.4 Å². The summed E-state index contributed by atoms with van der Waals surface area (Å²) in [6.45, 7) is 1.27. The molecular weight excluding hydrogens is 432 g/mol. The first kappa shape index (κ1) is 21.4. The van der Waals surface area contributed by atoms with Gasteiger partial charge in [-0.1, -0.05) is 48.5 Å². The summed E-state index contributed by atoms with van der Waals surface area (Å²) in [6, 6.07) is 27.4. The Hall–Kier alpha value is -3.42. The van der Waals surface area contributed by atoms with E-state index in [2.05, 4.69) is 26.8 Å². The van der Waals surface area contributed by atoms with Crippen LogP contribution in [0.15, 0.2) is 84.9 Å². The van der Waals surface area contributed by atoms with Gasteiger partial charge in [-0.3, -0.25) is 9.69 Å². The number of carbonyl (C=O) groups is 1. The van der Waals surface area contributed by atoms with Crippen molar-refractivity contribution >= 4 is 34.6 Å². The Morgan fingerprint density at radius 1 is 0.818 bits per heavy atom. The van der Waals surface area contributed by atoms with Crippen LogP contribution in [0, 0.1) is 0 Å². The summed E-state index contributed by atoms with van der Waals surface area (Å²) in [6.07, 6.45) is 0. The molecule has 33 heavy (non-hydrogen) atoms. The highest BCUT2D eigenvalue weighted by Gasteiger charge is 2.54. The molecule has 0 aliphatic carbocycles. The molecule has 168 valence electrons. The summed E-state index contributed by atoms with van der Waals surface area (Å²) < 4.78 is 5.30. The van der Waals surface area contributed by atoms with Gasteiger partial charge in [0.25, 0.3) is 5.91 Å². The van der Waals surface area contributed by atoms with Gasteiger partial charge in [0.1, 0.15) is 11.8 Å². The van der Waals surface area contributed by atoms with Gasteiger partial charge in [0.05, 0.1) is 26.5 Å². The van der Waals surface area contributed by atoms with E-state index in [0.29, 0.717) is 18.4 Å². The van der Waals surface area contributed by atoms with E-state index >= 15 is 0 Å². The zero-order chi connectivity index (χ0) is 22.9. The molecule has 2 fully saturated rings. The molecule has 6 nitrogen and oxygen atoms in total. The van der Waals surface area contributed by atoms with Crippen molar-refractivity contribution in [1.29, 1.82) is 0 Å². The van der Waals surface area contributed by atoms with Crippen molar-refractivity contribution in [2.45, 2.75) is 12.1 Å². The number of amides is 1. The Balaban J connectivity index is 1.50. The Bertz CT molecular complexity index is 1140. The van der Waals surface area contributed by atoms with E-state index in [1.165, 1.54) is 0 Å². The van der Waals surface area contributed by atoms with Gasteiger partial charge >= 0.3 is 0 Å². The van der Waals surface area contributed by atoms with E-state index in [9.17, 15) is 4.79 Å². The van der Waals surface area contributed by atoms with Crippen LogP contribution < -0.4 is 14.5 Å². The molecule has 2 heterocycles. The number of benzene rings is 3. The maximum Gasteiger partial charge on any atom is 0.252 e. The molecule has 5 rings (SSSR count). The number of thiocarbonyl (C=S) groups is 1. The van der Waals surface area contributed by atoms with Crippen LogP contribution >= 0.6 is 12.2 Å². The molecule has 7 heteroatoms. The number of methoxy groups -OCH3 is 1. The second-order valence-corrected chi connectivity index (χ2v) is 8.73. The molecule has 0 saturated carbocycles. The molecule has 3 aromatic rings. The highest BCUT2D eigenvalue weighted by Crippen LogP contribution is 2.43. The second kappa shape index (κ2) is 8.84. The van der Waals surface area contributed by atoms with E-state index in [4.69, 9.17) is 17.0 Å². The Morgan fingerprint density at radius 2 is 1.45 bits per heavy atom. The molecule has 0 spiro atoms. The highest BCUT2D eigenvalue weighted by atomic mass is 32.1. The zero-order valence-corrected chi connectivity index (χ0v) is 19.5. The largest absolute Gasteiger partial charge is 0.497 e. The summed E-state index contributed by atoms with van der Waals surface area (Å²) in [7, 11) is 3.69. The van der Waals surface area contributed by atoms with Crippen molar-refractivity contribution in [2.75, 3.05) is 37.3 Å². The summed E-state index contributed by atoms with van der Waals surface area (Å²) in [4.78, 5) is 21.8. The molecular formula is C26H26N4O2S. The highest BCUT2D eigenvalue weighted by molar-refractivity contribution is 7.80. The van der Waals surface area contributed by atoms with Gasteiger partial charge in [-0.05, 0) is 61.2 Å².